The number of thioether (sulfide) groups is 1. The topological polar surface area (TPSA) is 34.9 Å². The number of fused-ring (bicyclic) bond motifs is 3. The van der Waals surface area contributed by atoms with Crippen molar-refractivity contribution in [2.75, 3.05) is 0 Å². The van der Waals surface area contributed by atoms with Gasteiger partial charge in [0, 0.05) is 22.2 Å². The lowest BCUT2D eigenvalue weighted by molar-refractivity contribution is 0.668. The smallest absolute Gasteiger partial charge is 0.263 e. The summed E-state index contributed by atoms with van der Waals surface area (Å²) in [6.07, 6.45) is 6.20. The van der Waals surface area contributed by atoms with Crippen LogP contribution in [0.2, 0.25) is 5.02 Å². The molecule has 1 aromatic carbocycles. The Morgan fingerprint density at radius 1 is 1.27 bits per heavy atom. The molecule has 0 aliphatic heterocycles. The molecule has 0 fully saturated rings. The molecule has 2 aromatic heterocycles. The largest absolute Gasteiger partial charge is 0.283 e. The van der Waals surface area contributed by atoms with Crippen molar-refractivity contribution in [3.05, 3.63) is 68.3 Å². The zero-order valence-corrected chi connectivity index (χ0v) is 16.7. The number of benzene rings is 1. The monoisotopic (exact) mass is 402 g/mol. The van der Waals surface area contributed by atoms with E-state index in [9.17, 15) is 4.79 Å². The summed E-state index contributed by atoms with van der Waals surface area (Å²) in [6.45, 7) is 4.29. The van der Waals surface area contributed by atoms with E-state index in [1.165, 1.54) is 16.9 Å². The maximum absolute atomic E-state index is 13.2. The lowest BCUT2D eigenvalue weighted by atomic mass is 9.97. The van der Waals surface area contributed by atoms with Gasteiger partial charge in [-0.1, -0.05) is 41.6 Å². The molecule has 3 nitrogen and oxygen atoms in total. The zero-order chi connectivity index (χ0) is 18.1. The standard InChI is InChI=1S/C20H19ClN2OS2/c1-2-11-23-19(24)17-15-5-3-4-6-16(15)26-18(17)22-20(23)25-12-13-7-9-14(21)10-8-13/h2,7-10H,1,3-6,11-12H2. The average molecular weight is 403 g/mol. The van der Waals surface area contributed by atoms with Crippen LogP contribution in [-0.4, -0.2) is 9.55 Å². The Hall–Kier alpha value is -1.56. The molecule has 1 aliphatic carbocycles. The highest BCUT2D eigenvalue weighted by Gasteiger charge is 2.21. The molecule has 0 radical (unpaired) electrons. The summed E-state index contributed by atoms with van der Waals surface area (Å²) in [5.74, 6) is 0.747. The van der Waals surface area contributed by atoms with E-state index in [0.29, 0.717) is 6.54 Å². The molecule has 0 bridgehead atoms. The normalized spacial score (nSPS) is 13.7. The number of allylic oxidation sites excluding steroid dienone is 1. The summed E-state index contributed by atoms with van der Waals surface area (Å²) in [7, 11) is 0. The zero-order valence-electron chi connectivity index (χ0n) is 14.3. The van der Waals surface area contributed by atoms with Crippen LogP contribution in [0.15, 0.2) is 46.9 Å². The Morgan fingerprint density at radius 3 is 2.81 bits per heavy atom. The van der Waals surface area contributed by atoms with Crippen molar-refractivity contribution in [1.29, 1.82) is 0 Å². The average Bonchev–Trinajstić information content (AvgIpc) is 3.02. The van der Waals surface area contributed by atoms with Gasteiger partial charge in [0.2, 0.25) is 0 Å². The van der Waals surface area contributed by atoms with Crippen molar-refractivity contribution in [2.24, 2.45) is 0 Å². The molecule has 0 saturated heterocycles. The summed E-state index contributed by atoms with van der Waals surface area (Å²) in [5.41, 5.74) is 2.47. The molecule has 6 heteroatoms. The summed E-state index contributed by atoms with van der Waals surface area (Å²) in [6, 6.07) is 7.79. The summed E-state index contributed by atoms with van der Waals surface area (Å²) in [5, 5.41) is 2.32. The molecule has 4 rings (SSSR count). The number of hydrogen-bond donors (Lipinski definition) is 0. The van der Waals surface area contributed by atoms with Crippen molar-refractivity contribution in [1.82, 2.24) is 9.55 Å². The highest BCUT2D eigenvalue weighted by molar-refractivity contribution is 7.98. The van der Waals surface area contributed by atoms with E-state index < -0.39 is 0 Å². The van der Waals surface area contributed by atoms with Gasteiger partial charge in [0.25, 0.3) is 5.56 Å². The van der Waals surface area contributed by atoms with E-state index >= 15 is 0 Å². The summed E-state index contributed by atoms with van der Waals surface area (Å²) in [4.78, 5) is 20.3. The SMILES string of the molecule is C=CCn1c(SCc2ccc(Cl)cc2)nc2sc3c(c2c1=O)CCCC3. The van der Waals surface area contributed by atoms with Gasteiger partial charge in [-0.05, 0) is 48.9 Å². The van der Waals surface area contributed by atoms with Crippen LogP contribution in [0.5, 0.6) is 0 Å². The second-order valence-electron chi connectivity index (χ2n) is 6.41. The number of nitrogens with zero attached hydrogens (tertiary/aromatic N) is 2. The van der Waals surface area contributed by atoms with Crippen LogP contribution in [-0.2, 0) is 25.1 Å². The van der Waals surface area contributed by atoms with Gasteiger partial charge >= 0.3 is 0 Å². The third kappa shape index (κ3) is 3.36. The van der Waals surface area contributed by atoms with E-state index in [2.05, 4.69) is 6.58 Å². The third-order valence-electron chi connectivity index (χ3n) is 4.63. The molecule has 0 saturated carbocycles. The van der Waals surface area contributed by atoms with Gasteiger partial charge < -0.3 is 0 Å². The fraction of sp³-hybridized carbons (Fsp3) is 0.300. The minimum absolute atomic E-state index is 0.0768. The Bertz CT molecular complexity index is 1020. The van der Waals surface area contributed by atoms with E-state index in [1.807, 2.05) is 24.3 Å². The predicted molar refractivity (Wildman–Crippen MR) is 112 cm³/mol. The van der Waals surface area contributed by atoms with Crippen molar-refractivity contribution in [3.8, 4) is 0 Å². The van der Waals surface area contributed by atoms with Gasteiger partial charge in [-0.3, -0.25) is 9.36 Å². The van der Waals surface area contributed by atoms with Crippen molar-refractivity contribution < 1.29 is 0 Å². The van der Waals surface area contributed by atoms with E-state index in [4.69, 9.17) is 16.6 Å². The van der Waals surface area contributed by atoms with E-state index in [0.717, 1.165) is 51.0 Å². The molecule has 0 unspecified atom stereocenters. The molecular formula is C20H19ClN2OS2. The van der Waals surface area contributed by atoms with Crippen LogP contribution in [0.1, 0.15) is 28.8 Å². The molecule has 1 aliphatic rings. The quantitative estimate of drug-likeness (QED) is 0.322. The van der Waals surface area contributed by atoms with Crippen LogP contribution in [0.4, 0.5) is 0 Å². The van der Waals surface area contributed by atoms with Gasteiger partial charge in [0.05, 0.1) is 5.39 Å². The maximum atomic E-state index is 13.2. The number of thiophene rings is 1. The second-order valence-corrected chi connectivity index (χ2v) is 8.87. The first kappa shape index (κ1) is 17.8. The molecule has 0 amide bonds. The van der Waals surface area contributed by atoms with Crippen LogP contribution in [0.3, 0.4) is 0 Å². The van der Waals surface area contributed by atoms with Crippen molar-refractivity contribution in [3.63, 3.8) is 0 Å². The Balaban J connectivity index is 1.75. The van der Waals surface area contributed by atoms with Crippen molar-refractivity contribution in [2.45, 2.75) is 43.1 Å². The number of hydrogen-bond acceptors (Lipinski definition) is 4. The summed E-state index contributed by atoms with van der Waals surface area (Å²) < 4.78 is 1.76. The number of aromatic nitrogens is 2. The van der Waals surface area contributed by atoms with Crippen LogP contribution in [0.25, 0.3) is 10.2 Å². The second kappa shape index (κ2) is 7.59. The molecule has 134 valence electrons. The third-order valence-corrected chi connectivity index (χ3v) is 7.12. The minimum atomic E-state index is 0.0768. The fourth-order valence-electron chi connectivity index (χ4n) is 3.35. The molecule has 0 spiro atoms. The van der Waals surface area contributed by atoms with Gasteiger partial charge in [0.15, 0.2) is 5.16 Å². The van der Waals surface area contributed by atoms with Gasteiger partial charge in [-0.2, -0.15) is 0 Å². The van der Waals surface area contributed by atoms with Crippen LogP contribution in [0, 0.1) is 0 Å². The van der Waals surface area contributed by atoms with Gasteiger partial charge in [-0.15, -0.1) is 17.9 Å². The Morgan fingerprint density at radius 2 is 2.04 bits per heavy atom. The van der Waals surface area contributed by atoms with E-state index in [-0.39, 0.29) is 5.56 Å². The maximum Gasteiger partial charge on any atom is 0.263 e. The van der Waals surface area contributed by atoms with Crippen LogP contribution < -0.4 is 5.56 Å². The molecule has 2 heterocycles. The van der Waals surface area contributed by atoms with Gasteiger partial charge in [-0.25, -0.2) is 4.98 Å². The number of rotatable bonds is 5. The highest BCUT2D eigenvalue weighted by Crippen LogP contribution is 2.35. The minimum Gasteiger partial charge on any atom is -0.283 e. The fourth-order valence-corrected chi connectivity index (χ4v) is 5.74. The molecule has 0 N–H and O–H groups in total. The lowest BCUT2D eigenvalue weighted by Gasteiger charge is -2.12. The van der Waals surface area contributed by atoms with E-state index in [1.54, 1.807) is 33.7 Å². The number of aryl methyl sites for hydroxylation is 2. The Kier molecular flexibility index (Phi) is 5.20. The molecule has 3 aromatic rings. The Labute approximate surface area is 165 Å². The highest BCUT2D eigenvalue weighted by atomic mass is 35.5. The first-order valence-corrected chi connectivity index (χ1v) is 10.9. The number of halogens is 1. The predicted octanol–water partition coefficient (Wildman–Crippen LogP) is 5.47. The summed E-state index contributed by atoms with van der Waals surface area (Å²) >= 11 is 9.24. The van der Waals surface area contributed by atoms with Crippen molar-refractivity contribution >= 4 is 44.9 Å². The van der Waals surface area contributed by atoms with Crippen LogP contribution >= 0.6 is 34.7 Å². The molecule has 0 atom stereocenters. The molecular weight excluding hydrogens is 384 g/mol. The first-order chi connectivity index (χ1) is 12.7. The first-order valence-electron chi connectivity index (χ1n) is 8.70. The lowest BCUT2D eigenvalue weighted by Crippen LogP contribution is -2.23. The molecule has 26 heavy (non-hydrogen) atoms. The van der Waals surface area contributed by atoms with Gasteiger partial charge in [0.1, 0.15) is 4.83 Å².